The third kappa shape index (κ3) is 3.10. The van der Waals surface area contributed by atoms with Crippen LogP contribution in [0.2, 0.25) is 0 Å². The predicted molar refractivity (Wildman–Crippen MR) is 73.3 cm³/mol. The van der Waals surface area contributed by atoms with Crippen LogP contribution in [0.5, 0.6) is 0 Å². The minimum absolute atomic E-state index is 0.00816. The van der Waals surface area contributed by atoms with Gasteiger partial charge in [0.1, 0.15) is 0 Å². The van der Waals surface area contributed by atoms with Crippen LogP contribution in [0.3, 0.4) is 0 Å². The van der Waals surface area contributed by atoms with Gasteiger partial charge in [-0.2, -0.15) is 0 Å². The van der Waals surface area contributed by atoms with Crippen LogP contribution in [-0.2, 0) is 0 Å². The fourth-order valence-corrected chi connectivity index (χ4v) is 3.04. The first kappa shape index (κ1) is 14.0. The number of carbonyl (C=O) groups is 1. The number of nitro groups is 1. The van der Waals surface area contributed by atoms with Gasteiger partial charge in [-0.1, -0.05) is 11.3 Å². The van der Waals surface area contributed by atoms with E-state index in [-0.39, 0.29) is 17.0 Å². The maximum Gasteiger partial charge on any atom is 0.324 e. The average Bonchev–Trinajstić information content (AvgIpc) is 2.87. The van der Waals surface area contributed by atoms with E-state index in [0.717, 1.165) is 24.2 Å². The second-order valence-electron chi connectivity index (χ2n) is 4.92. The standard InChI is InChI=1S/C12H17N3O3S/c1-8(13)9-2-4-14(5-3-9)12(16)10-6-11(15(17)18)19-7-10/h6-9H,2-5,13H2,1H3. The summed E-state index contributed by atoms with van der Waals surface area (Å²) in [7, 11) is 0. The number of hydrogen-bond acceptors (Lipinski definition) is 5. The van der Waals surface area contributed by atoms with Crippen molar-refractivity contribution in [2.75, 3.05) is 13.1 Å². The van der Waals surface area contributed by atoms with Crippen LogP contribution in [-0.4, -0.2) is 34.9 Å². The molecule has 0 saturated carbocycles. The van der Waals surface area contributed by atoms with Crippen LogP contribution in [0.4, 0.5) is 5.00 Å². The van der Waals surface area contributed by atoms with E-state index in [9.17, 15) is 14.9 Å². The highest BCUT2D eigenvalue weighted by Crippen LogP contribution is 2.26. The van der Waals surface area contributed by atoms with Crippen molar-refractivity contribution in [2.45, 2.75) is 25.8 Å². The van der Waals surface area contributed by atoms with Gasteiger partial charge in [-0.25, -0.2) is 0 Å². The lowest BCUT2D eigenvalue weighted by molar-refractivity contribution is -0.380. The smallest absolute Gasteiger partial charge is 0.324 e. The van der Waals surface area contributed by atoms with Crippen molar-refractivity contribution in [1.82, 2.24) is 4.90 Å². The van der Waals surface area contributed by atoms with Crippen LogP contribution in [0.15, 0.2) is 11.4 Å². The Labute approximate surface area is 115 Å². The quantitative estimate of drug-likeness (QED) is 0.677. The number of carbonyl (C=O) groups excluding carboxylic acids is 1. The third-order valence-electron chi connectivity index (χ3n) is 3.58. The number of piperidine rings is 1. The van der Waals surface area contributed by atoms with E-state index >= 15 is 0 Å². The first-order valence-electron chi connectivity index (χ1n) is 6.27. The van der Waals surface area contributed by atoms with E-state index in [4.69, 9.17) is 5.73 Å². The molecule has 1 fully saturated rings. The maximum absolute atomic E-state index is 12.2. The Bertz CT molecular complexity index is 478. The van der Waals surface area contributed by atoms with Crippen LogP contribution in [0, 0.1) is 16.0 Å². The molecule has 0 aromatic carbocycles. The Morgan fingerprint density at radius 3 is 2.68 bits per heavy atom. The molecule has 1 saturated heterocycles. The summed E-state index contributed by atoms with van der Waals surface area (Å²) in [5.74, 6) is 0.341. The molecule has 0 radical (unpaired) electrons. The minimum atomic E-state index is -0.468. The molecule has 0 aliphatic carbocycles. The summed E-state index contributed by atoms with van der Waals surface area (Å²) >= 11 is 0.989. The van der Waals surface area contributed by atoms with Gasteiger partial charge in [-0.05, 0) is 25.7 Å². The summed E-state index contributed by atoms with van der Waals surface area (Å²) in [4.78, 5) is 24.1. The van der Waals surface area contributed by atoms with Gasteiger partial charge in [0.05, 0.1) is 10.5 Å². The lowest BCUT2D eigenvalue weighted by atomic mass is 9.91. The van der Waals surface area contributed by atoms with Crippen molar-refractivity contribution >= 4 is 22.2 Å². The highest BCUT2D eigenvalue weighted by Gasteiger charge is 2.26. The zero-order chi connectivity index (χ0) is 14.0. The second kappa shape index (κ2) is 5.66. The molecule has 19 heavy (non-hydrogen) atoms. The summed E-state index contributed by atoms with van der Waals surface area (Å²) in [5, 5.41) is 12.2. The SMILES string of the molecule is CC(N)C1CCN(C(=O)c2csc([N+](=O)[O-])c2)CC1. The molecule has 1 atom stereocenters. The lowest BCUT2D eigenvalue weighted by Gasteiger charge is -2.33. The predicted octanol–water partition coefficient (Wildman–Crippen LogP) is 1.86. The Morgan fingerprint density at radius 1 is 1.58 bits per heavy atom. The van der Waals surface area contributed by atoms with Crippen molar-refractivity contribution < 1.29 is 9.72 Å². The largest absolute Gasteiger partial charge is 0.339 e. The Morgan fingerprint density at radius 2 is 2.21 bits per heavy atom. The molecule has 104 valence electrons. The van der Waals surface area contributed by atoms with Gasteiger partial charge < -0.3 is 10.6 Å². The zero-order valence-corrected chi connectivity index (χ0v) is 11.6. The molecule has 1 amide bonds. The number of nitrogens with zero attached hydrogens (tertiary/aromatic N) is 2. The van der Waals surface area contributed by atoms with E-state index in [2.05, 4.69) is 0 Å². The van der Waals surface area contributed by atoms with Crippen molar-refractivity contribution in [3.63, 3.8) is 0 Å². The molecule has 2 heterocycles. The van der Waals surface area contributed by atoms with E-state index in [1.54, 1.807) is 10.3 Å². The van der Waals surface area contributed by atoms with Crippen LogP contribution in [0.25, 0.3) is 0 Å². The molecule has 1 aromatic heterocycles. The molecule has 1 aliphatic heterocycles. The summed E-state index contributed by atoms with van der Waals surface area (Å²) < 4.78 is 0. The maximum atomic E-state index is 12.2. The van der Waals surface area contributed by atoms with Crippen molar-refractivity contribution in [3.05, 3.63) is 27.1 Å². The van der Waals surface area contributed by atoms with Gasteiger partial charge in [-0.3, -0.25) is 14.9 Å². The van der Waals surface area contributed by atoms with Crippen LogP contribution in [0.1, 0.15) is 30.1 Å². The Kier molecular flexibility index (Phi) is 4.16. The lowest BCUT2D eigenvalue weighted by Crippen LogP contribution is -2.42. The number of rotatable bonds is 3. The number of nitrogens with two attached hydrogens (primary N) is 1. The zero-order valence-electron chi connectivity index (χ0n) is 10.7. The van der Waals surface area contributed by atoms with E-state index in [0.29, 0.717) is 24.6 Å². The summed E-state index contributed by atoms with van der Waals surface area (Å²) in [6.07, 6.45) is 1.80. The van der Waals surface area contributed by atoms with Gasteiger partial charge in [0.25, 0.3) is 5.91 Å². The van der Waals surface area contributed by atoms with Gasteiger partial charge in [0.15, 0.2) is 0 Å². The van der Waals surface area contributed by atoms with Crippen LogP contribution >= 0.6 is 11.3 Å². The fourth-order valence-electron chi connectivity index (χ4n) is 2.34. The molecular formula is C12H17N3O3S. The van der Waals surface area contributed by atoms with E-state index in [1.807, 2.05) is 6.92 Å². The number of amides is 1. The van der Waals surface area contributed by atoms with Gasteiger partial charge >= 0.3 is 5.00 Å². The molecular weight excluding hydrogens is 266 g/mol. The molecule has 1 aromatic rings. The average molecular weight is 283 g/mol. The van der Waals surface area contributed by atoms with Crippen molar-refractivity contribution in [3.8, 4) is 0 Å². The molecule has 1 unspecified atom stereocenters. The number of likely N-dealkylation sites (tertiary alicyclic amines) is 1. The number of hydrogen-bond donors (Lipinski definition) is 1. The highest BCUT2D eigenvalue weighted by molar-refractivity contribution is 7.13. The molecule has 0 bridgehead atoms. The minimum Gasteiger partial charge on any atom is -0.339 e. The van der Waals surface area contributed by atoms with E-state index in [1.165, 1.54) is 6.07 Å². The van der Waals surface area contributed by atoms with Gasteiger partial charge in [0.2, 0.25) is 0 Å². The molecule has 1 aliphatic rings. The molecule has 7 heteroatoms. The topological polar surface area (TPSA) is 89.5 Å². The second-order valence-corrected chi connectivity index (χ2v) is 5.81. The monoisotopic (exact) mass is 283 g/mol. The van der Waals surface area contributed by atoms with Crippen LogP contribution < -0.4 is 5.73 Å². The van der Waals surface area contributed by atoms with Crippen molar-refractivity contribution in [1.29, 1.82) is 0 Å². The third-order valence-corrected chi connectivity index (χ3v) is 4.46. The normalized spacial score (nSPS) is 18.3. The van der Waals surface area contributed by atoms with Gasteiger partial charge in [-0.15, -0.1) is 0 Å². The molecule has 6 nitrogen and oxygen atoms in total. The summed E-state index contributed by atoms with van der Waals surface area (Å²) in [5.41, 5.74) is 6.27. The number of thiophene rings is 1. The van der Waals surface area contributed by atoms with Crippen molar-refractivity contribution in [2.24, 2.45) is 11.7 Å². The van der Waals surface area contributed by atoms with E-state index < -0.39 is 4.92 Å². The summed E-state index contributed by atoms with van der Waals surface area (Å²) in [6.45, 7) is 3.34. The first-order chi connectivity index (χ1) is 8.99. The molecule has 2 rings (SSSR count). The Balaban J connectivity index is 1.99. The summed E-state index contributed by atoms with van der Waals surface area (Å²) in [6, 6.07) is 1.50. The highest BCUT2D eigenvalue weighted by atomic mass is 32.1. The molecule has 0 spiro atoms. The first-order valence-corrected chi connectivity index (χ1v) is 7.14. The van der Waals surface area contributed by atoms with Gasteiger partial charge in [0, 0.05) is 30.6 Å². The Hall–Kier alpha value is -1.47. The fraction of sp³-hybridized carbons (Fsp3) is 0.583. The molecule has 2 N–H and O–H groups in total.